The summed E-state index contributed by atoms with van der Waals surface area (Å²) in [4.78, 5) is 37.4. The molecule has 47 heavy (non-hydrogen) atoms. The van der Waals surface area contributed by atoms with E-state index in [1.54, 1.807) is 31.3 Å². The van der Waals surface area contributed by atoms with Gasteiger partial charge in [0.1, 0.15) is 6.23 Å². The molecular weight excluding hydrogens is 600 g/mol. The first-order valence-corrected chi connectivity index (χ1v) is 17.0. The van der Waals surface area contributed by atoms with Crippen molar-refractivity contribution in [3.63, 3.8) is 0 Å². The van der Waals surface area contributed by atoms with Gasteiger partial charge in [-0.3, -0.25) is 14.6 Å². The number of nitrogens with zero attached hydrogens (tertiary/aromatic N) is 4. The zero-order chi connectivity index (χ0) is 32.5. The van der Waals surface area contributed by atoms with Gasteiger partial charge in [0, 0.05) is 38.5 Å². The second kappa shape index (κ2) is 11.3. The Morgan fingerprint density at radius 3 is 2.04 bits per heavy atom. The summed E-state index contributed by atoms with van der Waals surface area (Å²) < 4.78 is 23.5. The Morgan fingerprint density at radius 1 is 0.787 bits per heavy atom. The predicted octanol–water partition coefficient (Wildman–Crippen LogP) is 4.81. The van der Waals surface area contributed by atoms with Gasteiger partial charge in [-0.1, -0.05) is 0 Å². The molecule has 2 spiro atoms. The molecule has 4 aliphatic heterocycles. The largest absolute Gasteiger partial charge is 0.493 e. The summed E-state index contributed by atoms with van der Waals surface area (Å²) >= 11 is 0. The van der Waals surface area contributed by atoms with Crippen LogP contribution in [-0.2, 0) is 0 Å². The standard InChI is InChI=1S/C36H44N4O7/c1-38-26-16-31(29(45-3)14-24(26)33(42)40-21-36(9-10-36)18-27(40)34(38)43)47-12-6-4-5-11-46-30-15-25-23(13-28(30)44-2)32(41)39-20-35(7-8-35)17-22(39)19-37-25/h13-16,19,22,27,34,43H,4-12,17-18,20-21H2,1-3H3/t22-,27-,34+/m0/s1. The summed E-state index contributed by atoms with van der Waals surface area (Å²) in [5, 5.41) is 11.2. The molecule has 8 rings (SSSR count). The second-order valence-corrected chi connectivity index (χ2v) is 14.5. The summed E-state index contributed by atoms with van der Waals surface area (Å²) in [6.07, 6.45) is 10.1. The molecule has 2 aromatic rings. The molecule has 11 nitrogen and oxygen atoms in total. The lowest BCUT2D eigenvalue weighted by molar-refractivity contribution is 0.0526. The zero-order valence-electron chi connectivity index (χ0n) is 27.5. The van der Waals surface area contributed by atoms with Crippen molar-refractivity contribution in [1.82, 2.24) is 9.80 Å². The number of fused-ring (bicyclic) bond motifs is 4. The third-order valence-electron chi connectivity index (χ3n) is 11.4. The third-order valence-corrected chi connectivity index (χ3v) is 11.4. The summed E-state index contributed by atoms with van der Waals surface area (Å²) in [6, 6.07) is 7.00. The molecule has 0 bridgehead atoms. The molecule has 4 heterocycles. The summed E-state index contributed by atoms with van der Waals surface area (Å²) in [5.41, 5.74) is 2.87. The maximum Gasteiger partial charge on any atom is 0.256 e. The van der Waals surface area contributed by atoms with E-state index in [-0.39, 0.29) is 29.3 Å². The van der Waals surface area contributed by atoms with E-state index in [0.717, 1.165) is 51.5 Å². The normalized spacial score (nSPS) is 25.6. The van der Waals surface area contributed by atoms with Crippen molar-refractivity contribution in [2.75, 3.05) is 52.5 Å². The molecule has 2 aromatic carbocycles. The van der Waals surface area contributed by atoms with Gasteiger partial charge in [-0.2, -0.15) is 0 Å². The number of aliphatic hydroxyl groups excluding tert-OH is 1. The molecule has 250 valence electrons. The van der Waals surface area contributed by atoms with Gasteiger partial charge in [-0.05, 0) is 80.8 Å². The van der Waals surface area contributed by atoms with Crippen molar-refractivity contribution in [2.45, 2.75) is 76.1 Å². The highest BCUT2D eigenvalue weighted by Gasteiger charge is 2.57. The van der Waals surface area contributed by atoms with Crippen LogP contribution in [0.1, 0.15) is 78.5 Å². The van der Waals surface area contributed by atoms with Crippen molar-refractivity contribution >= 4 is 29.4 Å². The van der Waals surface area contributed by atoms with E-state index >= 15 is 0 Å². The average Bonchev–Trinajstić information content (AvgIpc) is 3.96. The molecule has 0 aromatic heterocycles. The fourth-order valence-corrected chi connectivity index (χ4v) is 8.12. The molecule has 3 atom stereocenters. The van der Waals surface area contributed by atoms with Crippen LogP contribution >= 0.6 is 0 Å². The Balaban J connectivity index is 0.864. The Hall–Kier alpha value is -3.99. The van der Waals surface area contributed by atoms with Crippen molar-refractivity contribution in [1.29, 1.82) is 0 Å². The quantitative estimate of drug-likeness (QED) is 0.367. The van der Waals surface area contributed by atoms with Crippen molar-refractivity contribution in [3.8, 4) is 23.0 Å². The molecule has 0 radical (unpaired) electrons. The van der Waals surface area contributed by atoms with Gasteiger partial charge in [0.05, 0.1) is 62.0 Å². The van der Waals surface area contributed by atoms with Gasteiger partial charge in [-0.25, -0.2) is 0 Å². The number of anilines is 1. The van der Waals surface area contributed by atoms with Crippen LogP contribution in [0.5, 0.6) is 23.0 Å². The predicted molar refractivity (Wildman–Crippen MR) is 176 cm³/mol. The number of ether oxygens (including phenoxy) is 4. The minimum Gasteiger partial charge on any atom is -0.493 e. The molecule has 2 saturated carbocycles. The van der Waals surface area contributed by atoms with Crippen LogP contribution in [-0.4, -0.2) is 98.8 Å². The zero-order valence-corrected chi connectivity index (χ0v) is 27.5. The first-order valence-electron chi connectivity index (χ1n) is 17.0. The van der Waals surface area contributed by atoms with E-state index in [2.05, 4.69) is 0 Å². The topological polar surface area (TPSA) is 113 Å². The fraction of sp³-hybridized carbons (Fsp3) is 0.583. The molecule has 1 N–H and O–H groups in total. The lowest BCUT2D eigenvalue weighted by atomic mass is 10.0. The Morgan fingerprint density at radius 2 is 1.38 bits per heavy atom. The third kappa shape index (κ3) is 5.27. The van der Waals surface area contributed by atoms with Crippen LogP contribution in [0.2, 0.25) is 0 Å². The van der Waals surface area contributed by atoms with Crippen molar-refractivity contribution in [2.24, 2.45) is 15.8 Å². The van der Waals surface area contributed by atoms with E-state index in [9.17, 15) is 14.7 Å². The van der Waals surface area contributed by atoms with Gasteiger partial charge in [0.15, 0.2) is 23.0 Å². The molecule has 2 aliphatic carbocycles. The summed E-state index contributed by atoms with van der Waals surface area (Å²) in [5.74, 6) is 2.13. The first kappa shape index (κ1) is 30.4. The molecule has 0 unspecified atom stereocenters. The van der Waals surface area contributed by atoms with E-state index in [1.807, 2.05) is 35.2 Å². The molecule has 6 aliphatic rings. The summed E-state index contributed by atoms with van der Waals surface area (Å²) in [7, 11) is 5.00. The number of unbranched alkanes of at least 4 members (excludes halogenated alkanes) is 2. The number of likely N-dealkylation sites (N-methyl/N-ethyl adjacent to an activating group) is 1. The van der Waals surface area contributed by atoms with E-state index in [4.69, 9.17) is 23.9 Å². The molecule has 4 fully saturated rings. The number of amides is 2. The van der Waals surface area contributed by atoms with Gasteiger partial charge in [0.2, 0.25) is 0 Å². The number of carbonyl (C=O) groups is 2. The number of methoxy groups -OCH3 is 2. The minimum absolute atomic E-state index is 0.0171. The molecular formula is C36H44N4O7. The van der Waals surface area contributed by atoms with Crippen LogP contribution in [0, 0.1) is 10.8 Å². The number of carbonyl (C=O) groups excluding carboxylic acids is 2. The van der Waals surface area contributed by atoms with Crippen LogP contribution in [0.4, 0.5) is 11.4 Å². The highest BCUT2D eigenvalue weighted by molar-refractivity contribution is 6.04. The fourth-order valence-electron chi connectivity index (χ4n) is 8.12. The number of hydrogen-bond acceptors (Lipinski definition) is 9. The minimum atomic E-state index is -0.779. The van der Waals surface area contributed by atoms with Crippen molar-refractivity contribution < 1.29 is 33.6 Å². The molecule has 11 heteroatoms. The van der Waals surface area contributed by atoms with Crippen LogP contribution in [0.25, 0.3) is 0 Å². The number of rotatable bonds is 10. The van der Waals surface area contributed by atoms with E-state index in [1.165, 1.54) is 12.8 Å². The van der Waals surface area contributed by atoms with Gasteiger partial charge in [-0.15, -0.1) is 0 Å². The smallest absolute Gasteiger partial charge is 0.256 e. The Kier molecular flexibility index (Phi) is 7.31. The maximum absolute atomic E-state index is 13.6. The average molecular weight is 645 g/mol. The lowest BCUT2D eigenvalue weighted by Gasteiger charge is -2.31. The maximum atomic E-state index is 13.6. The highest BCUT2D eigenvalue weighted by Crippen LogP contribution is 2.57. The molecule has 2 saturated heterocycles. The van der Waals surface area contributed by atoms with Crippen LogP contribution < -0.4 is 23.8 Å². The molecule has 2 amide bonds. The van der Waals surface area contributed by atoms with E-state index < -0.39 is 6.23 Å². The number of hydrogen-bond donors (Lipinski definition) is 1. The first-order chi connectivity index (χ1) is 22.7. The van der Waals surface area contributed by atoms with E-state index in [0.29, 0.717) is 70.7 Å². The number of aliphatic hydroxyl groups is 1. The van der Waals surface area contributed by atoms with Crippen LogP contribution in [0.15, 0.2) is 29.3 Å². The van der Waals surface area contributed by atoms with Crippen LogP contribution in [0.3, 0.4) is 0 Å². The number of aliphatic imine (C=N–C) groups is 1. The van der Waals surface area contributed by atoms with Gasteiger partial charge < -0.3 is 38.8 Å². The lowest BCUT2D eigenvalue weighted by Crippen LogP contribution is -2.47. The van der Waals surface area contributed by atoms with Crippen molar-refractivity contribution in [3.05, 3.63) is 35.4 Å². The van der Waals surface area contributed by atoms with Gasteiger partial charge in [0.25, 0.3) is 11.8 Å². The van der Waals surface area contributed by atoms with Gasteiger partial charge >= 0.3 is 0 Å². The SMILES string of the molecule is COc1cc2c(cc1OCCCCCOc1cc3c(cc1OC)C(=O)N1CC4(CC4)C[C@H]1[C@@H](O)N3C)N=C[C@@H]1CC3(CC3)CN1C2=O. The number of benzene rings is 2. The second-order valence-electron chi connectivity index (χ2n) is 14.5. The highest BCUT2D eigenvalue weighted by atomic mass is 16.5. The Bertz CT molecular complexity index is 1630. The monoisotopic (exact) mass is 644 g/mol. The Labute approximate surface area is 275 Å². The summed E-state index contributed by atoms with van der Waals surface area (Å²) in [6.45, 7) is 2.46.